The van der Waals surface area contributed by atoms with E-state index in [0.29, 0.717) is 5.69 Å². The van der Waals surface area contributed by atoms with Gasteiger partial charge in [0.25, 0.3) is 0 Å². The predicted octanol–water partition coefficient (Wildman–Crippen LogP) is 3.72. The van der Waals surface area contributed by atoms with E-state index in [1.807, 2.05) is 0 Å². The zero-order valence-corrected chi connectivity index (χ0v) is 13.7. The number of amides is 2. The predicted molar refractivity (Wildman–Crippen MR) is 89.3 cm³/mol. The molecule has 0 bridgehead atoms. The second-order valence-corrected chi connectivity index (χ2v) is 5.44. The van der Waals surface area contributed by atoms with Crippen molar-refractivity contribution in [1.29, 1.82) is 0 Å². The molecule has 7 heteroatoms. The lowest BCUT2D eigenvalue weighted by Crippen LogP contribution is -2.41. The van der Waals surface area contributed by atoms with Crippen LogP contribution in [0.1, 0.15) is 12.5 Å². The van der Waals surface area contributed by atoms with Crippen molar-refractivity contribution < 1.29 is 22.8 Å². The molecule has 2 rings (SSSR count). The largest absolute Gasteiger partial charge is 0.416 e. The molecule has 132 valence electrons. The summed E-state index contributed by atoms with van der Waals surface area (Å²) in [6.45, 7) is 0.845. The van der Waals surface area contributed by atoms with Crippen molar-refractivity contribution >= 4 is 23.2 Å². The third-order valence-electron chi connectivity index (χ3n) is 3.68. The van der Waals surface area contributed by atoms with E-state index < -0.39 is 23.6 Å². The molecule has 0 unspecified atom stereocenters. The number of rotatable bonds is 4. The molecule has 4 nitrogen and oxygen atoms in total. The van der Waals surface area contributed by atoms with Gasteiger partial charge >= 0.3 is 6.18 Å². The first kappa shape index (κ1) is 18.5. The first-order chi connectivity index (χ1) is 11.7. The Labute approximate surface area is 143 Å². The molecule has 0 heterocycles. The summed E-state index contributed by atoms with van der Waals surface area (Å²) >= 11 is 0. The topological polar surface area (TPSA) is 40.6 Å². The van der Waals surface area contributed by atoms with E-state index in [9.17, 15) is 22.8 Å². The van der Waals surface area contributed by atoms with Crippen molar-refractivity contribution in [3.63, 3.8) is 0 Å². The van der Waals surface area contributed by atoms with Crippen LogP contribution in [0.4, 0.5) is 24.5 Å². The van der Waals surface area contributed by atoms with Gasteiger partial charge in [-0.3, -0.25) is 9.59 Å². The van der Waals surface area contributed by atoms with Crippen LogP contribution in [0.15, 0.2) is 54.6 Å². The van der Waals surface area contributed by atoms with Crippen LogP contribution < -0.4 is 9.80 Å². The number of hydrogen-bond acceptors (Lipinski definition) is 2. The van der Waals surface area contributed by atoms with Crippen LogP contribution in [0.25, 0.3) is 0 Å². The number of alkyl halides is 3. The van der Waals surface area contributed by atoms with Crippen LogP contribution in [0, 0.1) is 0 Å². The Bertz CT molecular complexity index is 760. The lowest BCUT2D eigenvalue weighted by Gasteiger charge is -2.25. The normalized spacial score (nSPS) is 11.1. The number of halogens is 3. The number of para-hydroxylation sites is 1. The van der Waals surface area contributed by atoms with Crippen LogP contribution in [-0.2, 0) is 15.8 Å². The highest BCUT2D eigenvalue weighted by molar-refractivity contribution is 6.02. The van der Waals surface area contributed by atoms with Gasteiger partial charge in [0.15, 0.2) is 0 Å². The molecule has 0 aliphatic rings. The number of carbonyl (C=O) groups is 2. The second kappa shape index (κ2) is 7.38. The molecule has 0 saturated carbocycles. The van der Waals surface area contributed by atoms with Crippen molar-refractivity contribution in [3.8, 4) is 0 Å². The first-order valence-corrected chi connectivity index (χ1v) is 7.47. The maximum absolute atomic E-state index is 12.9. The van der Waals surface area contributed by atoms with Crippen molar-refractivity contribution in [2.45, 2.75) is 13.1 Å². The fourth-order valence-corrected chi connectivity index (χ4v) is 2.27. The average molecular weight is 350 g/mol. The summed E-state index contributed by atoms with van der Waals surface area (Å²) in [5.74, 6) is -0.937. The third kappa shape index (κ3) is 4.59. The maximum Gasteiger partial charge on any atom is 0.416 e. The van der Waals surface area contributed by atoms with E-state index in [-0.39, 0.29) is 12.2 Å². The summed E-state index contributed by atoms with van der Waals surface area (Å²) in [6.07, 6.45) is -4.52. The Hall–Kier alpha value is -2.83. The van der Waals surface area contributed by atoms with Gasteiger partial charge in [-0.15, -0.1) is 0 Å². The van der Waals surface area contributed by atoms with Crippen molar-refractivity contribution in [1.82, 2.24) is 0 Å². The Morgan fingerprint density at radius 3 is 2.12 bits per heavy atom. The molecule has 2 aromatic rings. The number of anilines is 2. The summed E-state index contributed by atoms with van der Waals surface area (Å²) in [4.78, 5) is 26.7. The van der Waals surface area contributed by atoms with Gasteiger partial charge < -0.3 is 9.80 Å². The molecular weight excluding hydrogens is 333 g/mol. The van der Waals surface area contributed by atoms with Crippen molar-refractivity contribution in [2.24, 2.45) is 0 Å². The zero-order valence-electron chi connectivity index (χ0n) is 13.7. The number of likely N-dealkylation sites (N-methyl/N-ethyl adjacent to an activating group) is 1. The molecule has 0 aliphatic carbocycles. The molecular formula is C18H17F3N2O2. The van der Waals surface area contributed by atoms with Crippen LogP contribution in [0.2, 0.25) is 0 Å². The zero-order chi connectivity index (χ0) is 18.6. The minimum Gasteiger partial charge on any atom is -0.314 e. The van der Waals surface area contributed by atoms with Crippen LogP contribution in [-0.4, -0.2) is 25.4 Å². The Kier molecular flexibility index (Phi) is 5.46. The van der Waals surface area contributed by atoms with Gasteiger partial charge in [0.05, 0.1) is 5.56 Å². The van der Waals surface area contributed by atoms with Crippen molar-refractivity contribution in [3.05, 3.63) is 60.2 Å². The van der Waals surface area contributed by atoms with Gasteiger partial charge in [0.1, 0.15) is 6.54 Å². The molecule has 0 aromatic heterocycles. The number of nitrogens with zero attached hydrogens (tertiary/aromatic N) is 2. The Morgan fingerprint density at radius 1 is 0.960 bits per heavy atom. The molecule has 0 saturated heterocycles. The van der Waals surface area contributed by atoms with Gasteiger partial charge in [-0.1, -0.05) is 24.3 Å². The summed E-state index contributed by atoms with van der Waals surface area (Å²) in [6, 6.07) is 13.1. The highest BCUT2D eigenvalue weighted by Crippen LogP contribution is 2.31. The van der Waals surface area contributed by atoms with E-state index in [4.69, 9.17) is 0 Å². The third-order valence-corrected chi connectivity index (χ3v) is 3.68. The SMILES string of the molecule is CC(=O)N(CC(=O)N(C)c1ccccc1)c1cccc(C(F)(F)F)c1. The van der Waals surface area contributed by atoms with E-state index in [1.54, 1.807) is 37.4 Å². The molecule has 2 aromatic carbocycles. The Balaban J connectivity index is 2.25. The molecule has 2 amide bonds. The fraction of sp³-hybridized carbons (Fsp3) is 0.222. The second-order valence-electron chi connectivity index (χ2n) is 5.44. The summed E-state index contributed by atoms with van der Waals surface area (Å²) in [7, 11) is 1.54. The molecule has 0 fully saturated rings. The number of benzene rings is 2. The van der Waals surface area contributed by atoms with Gasteiger partial charge in [-0.05, 0) is 30.3 Å². The van der Waals surface area contributed by atoms with E-state index in [1.165, 1.54) is 24.0 Å². The van der Waals surface area contributed by atoms with Crippen molar-refractivity contribution in [2.75, 3.05) is 23.4 Å². The molecule has 25 heavy (non-hydrogen) atoms. The van der Waals surface area contributed by atoms with Crippen LogP contribution in [0.5, 0.6) is 0 Å². The standard InChI is InChI=1S/C18H17F3N2O2/c1-13(24)23(16-10-6-7-14(11-16)18(19,20)21)12-17(25)22(2)15-8-4-3-5-9-15/h3-11H,12H2,1-2H3. The molecule has 0 radical (unpaired) electrons. The van der Waals surface area contributed by atoms with Gasteiger partial charge in [-0.25, -0.2) is 0 Å². The lowest BCUT2D eigenvalue weighted by molar-refractivity contribution is -0.137. The average Bonchev–Trinajstić information content (AvgIpc) is 2.58. The van der Waals surface area contributed by atoms with Gasteiger partial charge in [0.2, 0.25) is 11.8 Å². The molecule has 0 N–H and O–H groups in total. The summed E-state index contributed by atoms with van der Waals surface area (Å²) < 4.78 is 38.6. The summed E-state index contributed by atoms with van der Waals surface area (Å²) in [5, 5.41) is 0. The van der Waals surface area contributed by atoms with Gasteiger partial charge in [-0.2, -0.15) is 13.2 Å². The molecule has 0 aliphatic heterocycles. The maximum atomic E-state index is 12.9. The first-order valence-electron chi connectivity index (χ1n) is 7.47. The minimum atomic E-state index is -4.52. The van der Waals surface area contributed by atoms with Crippen LogP contribution in [0.3, 0.4) is 0 Å². The van der Waals surface area contributed by atoms with Crippen LogP contribution >= 0.6 is 0 Å². The fourth-order valence-electron chi connectivity index (χ4n) is 2.27. The monoisotopic (exact) mass is 350 g/mol. The molecule has 0 spiro atoms. The highest BCUT2D eigenvalue weighted by Gasteiger charge is 2.31. The van der Waals surface area contributed by atoms with E-state index in [2.05, 4.69) is 0 Å². The minimum absolute atomic E-state index is 0.0251. The quantitative estimate of drug-likeness (QED) is 0.843. The van der Waals surface area contributed by atoms with Gasteiger partial charge in [0, 0.05) is 25.3 Å². The van der Waals surface area contributed by atoms with E-state index in [0.717, 1.165) is 17.0 Å². The highest BCUT2D eigenvalue weighted by atomic mass is 19.4. The smallest absolute Gasteiger partial charge is 0.314 e. The lowest BCUT2D eigenvalue weighted by atomic mass is 10.1. The van der Waals surface area contributed by atoms with E-state index >= 15 is 0 Å². The molecule has 0 atom stereocenters. The Morgan fingerprint density at radius 2 is 1.56 bits per heavy atom. The number of hydrogen-bond donors (Lipinski definition) is 0. The number of carbonyl (C=O) groups excluding carboxylic acids is 2. The summed E-state index contributed by atoms with van der Waals surface area (Å²) in [5.41, 5.74) is -0.225.